The Balaban J connectivity index is 2.44. The second-order valence-corrected chi connectivity index (χ2v) is 4.58. The third-order valence-corrected chi connectivity index (χ3v) is 2.83. The van der Waals surface area contributed by atoms with Crippen molar-refractivity contribution in [2.24, 2.45) is 5.73 Å². The molecule has 0 aliphatic rings. The van der Waals surface area contributed by atoms with Gasteiger partial charge in [0.15, 0.2) is 5.78 Å². The van der Waals surface area contributed by atoms with Gasteiger partial charge in [0.05, 0.1) is 6.61 Å². The average molecular weight is 278 g/mol. The molecule has 1 aromatic rings. The first kappa shape index (κ1) is 16.2. The zero-order valence-corrected chi connectivity index (χ0v) is 12.0. The number of ketones is 1. The van der Waals surface area contributed by atoms with Crippen molar-refractivity contribution >= 4 is 11.7 Å². The van der Waals surface area contributed by atoms with Gasteiger partial charge in [-0.3, -0.25) is 9.59 Å². The molecule has 0 bridgehead atoms. The van der Waals surface area contributed by atoms with Crippen LogP contribution in [0.15, 0.2) is 24.3 Å². The quantitative estimate of drug-likeness (QED) is 0.706. The van der Waals surface area contributed by atoms with E-state index in [-0.39, 0.29) is 30.6 Å². The van der Waals surface area contributed by atoms with Gasteiger partial charge in [-0.2, -0.15) is 0 Å². The molecule has 0 unspecified atom stereocenters. The fourth-order valence-corrected chi connectivity index (χ4v) is 1.68. The molecular weight excluding hydrogens is 256 g/mol. The van der Waals surface area contributed by atoms with Crippen LogP contribution in [0.4, 0.5) is 0 Å². The first-order chi connectivity index (χ1) is 9.56. The van der Waals surface area contributed by atoms with Crippen molar-refractivity contribution in [2.75, 3.05) is 13.2 Å². The molecule has 3 N–H and O–H groups in total. The van der Waals surface area contributed by atoms with E-state index < -0.39 is 0 Å². The van der Waals surface area contributed by atoms with Crippen LogP contribution in [-0.2, 0) is 4.79 Å². The molecule has 0 spiro atoms. The number of hydrogen-bond donors (Lipinski definition) is 2. The van der Waals surface area contributed by atoms with Gasteiger partial charge in [0.1, 0.15) is 5.75 Å². The largest absolute Gasteiger partial charge is 0.494 e. The van der Waals surface area contributed by atoms with Crippen LogP contribution >= 0.6 is 0 Å². The molecule has 0 aromatic heterocycles. The number of amides is 1. The fourth-order valence-electron chi connectivity index (χ4n) is 1.68. The number of carbonyl (C=O) groups excluding carboxylic acids is 2. The Bertz CT molecular complexity index is 443. The molecule has 0 fully saturated rings. The van der Waals surface area contributed by atoms with Crippen molar-refractivity contribution in [3.8, 4) is 5.75 Å². The molecule has 0 aliphatic carbocycles. The van der Waals surface area contributed by atoms with Crippen molar-refractivity contribution in [1.82, 2.24) is 5.32 Å². The molecular formula is C15H22N2O3. The number of nitrogens with one attached hydrogen (secondary N) is 1. The molecule has 0 heterocycles. The van der Waals surface area contributed by atoms with Crippen molar-refractivity contribution in [3.05, 3.63) is 29.8 Å². The molecule has 1 amide bonds. The Hall–Kier alpha value is -1.88. The summed E-state index contributed by atoms with van der Waals surface area (Å²) < 4.78 is 5.31. The topological polar surface area (TPSA) is 81.4 Å². The molecule has 5 heteroatoms. The van der Waals surface area contributed by atoms with Gasteiger partial charge in [-0.15, -0.1) is 0 Å². The van der Waals surface area contributed by atoms with Gasteiger partial charge in [-0.25, -0.2) is 0 Å². The van der Waals surface area contributed by atoms with Crippen LogP contribution < -0.4 is 15.8 Å². The maximum atomic E-state index is 11.9. The smallest absolute Gasteiger partial charge is 0.220 e. The molecule has 5 nitrogen and oxygen atoms in total. The average Bonchev–Trinajstić information content (AvgIpc) is 2.45. The lowest BCUT2D eigenvalue weighted by Gasteiger charge is -2.10. The summed E-state index contributed by atoms with van der Waals surface area (Å²) in [6.07, 6.45) is 0.369. The lowest BCUT2D eigenvalue weighted by atomic mass is 10.1. The van der Waals surface area contributed by atoms with E-state index >= 15 is 0 Å². The lowest BCUT2D eigenvalue weighted by molar-refractivity contribution is -0.121. The first-order valence-electron chi connectivity index (χ1n) is 6.82. The summed E-state index contributed by atoms with van der Waals surface area (Å²) in [7, 11) is 0. The molecule has 0 saturated carbocycles. The standard InChI is InChI=1S/C15H22N2O3/c1-3-20-13-6-4-12(5-7-13)14(18)8-9-15(19)17-11(2)10-16/h4-7,11H,3,8-10,16H2,1-2H3,(H,17,19)/t11-/m0/s1. The minimum absolute atomic E-state index is 0.0522. The Labute approximate surface area is 119 Å². The number of nitrogens with two attached hydrogens (primary N) is 1. The molecule has 1 rings (SSSR count). The maximum absolute atomic E-state index is 11.9. The number of benzene rings is 1. The predicted molar refractivity (Wildman–Crippen MR) is 77.8 cm³/mol. The summed E-state index contributed by atoms with van der Waals surface area (Å²) in [5, 5.41) is 2.73. The number of rotatable bonds is 8. The van der Waals surface area contributed by atoms with E-state index in [1.165, 1.54) is 0 Å². The number of hydrogen-bond acceptors (Lipinski definition) is 4. The Morgan fingerprint density at radius 2 is 1.90 bits per heavy atom. The van der Waals surface area contributed by atoms with Crippen LogP contribution in [-0.4, -0.2) is 30.9 Å². The molecule has 0 radical (unpaired) electrons. The molecule has 1 aromatic carbocycles. The highest BCUT2D eigenvalue weighted by Gasteiger charge is 2.10. The number of carbonyl (C=O) groups is 2. The zero-order valence-electron chi connectivity index (χ0n) is 12.0. The monoisotopic (exact) mass is 278 g/mol. The molecule has 20 heavy (non-hydrogen) atoms. The number of Topliss-reactive ketones (excluding diaryl/α,β-unsaturated/α-hetero) is 1. The molecule has 1 atom stereocenters. The summed E-state index contributed by atoms with van der Waals surface area (Å²) in [4.78, 5) is 23.5. The molecule has 110 valence electrons. The Morgan fingerprint density at radius 1 is 1.25 bits per heavy atom. The van der Waals surface area contributed by atoms with E-state index in [0.717, 1.165) is 5.75 Å². The number of ether oxygens (including phenoxy) is 1. The normalized spacial score (nSPS) is 11.8. The van der Waals surface area contributed by atoms with E-state index in [1.54, 1.807) is 24.3 Å². The van der Waals surface area contributed by atoms with Gasteiger partial charge >= 0.3 is 0 Å². The highest BCUT2D eigenvalue weighted by molar-refractivity contribution is 5.98. The zero-order chi connectivity index (χ0) is 15.0. The van der Waals surface area contributed by atoms with Crippen molar-refractivity contribution < 1.29 is 14.3 Å². The highest BCUT2D eigenvalue weighted by Crippen LogP contribution is 2.14. The van der Waals surface area contributed by atoms with Crippen molar-refractivity contribution in [1.29, 1.82) is 0 Å². The maximum Gasteiger partial charge on any atom is 0.220 e. The van der Waals surface area contributed by atoms with E-state index in [9.17, 15) is 9.59 Å². The van der Waals surface area contributed by atoms with E-state index in [4.69, 9.17) is 10.5 Å². The van der Waals surface area contributed by atoms with Crippen LogP contribution in [0.3, 0.4) is 0 Å². The predicted octanol–water partition coefficient (Wildman–Crippen LogP) is 1.51. The molecule has 0 saturated heterocycles. The van der Waals surface area contributed by atoms with Crippen LogP contribution in [0.25, 0.3) is 0 Å². The Morgan fingerprint density at radius 3 is 2.45 bits per heavy atom. The van der Waals surface area contributed by atoms with Gasteiger partial charge in [0.2, 0.25) is 5.91 Å². The second-order valence-electron chi connectivity index (χ2n) is 4.58. The van der Waals surface area contributed by atoms with Gasteiger partial charge in [-0.1, -0.05) is 0 Å². The second kappa shape index (κ2) is 8.32. The first-order valence-corrected chi connectivity index (χ1v) is 6.82. The third-order valence-electron chi connectivity index (χ3n) is 2.83. The fraction of sp³-hybridized carbons (Fsp3) is 0.467. The van der Waals surface area contributed by atoms with Crippen molar-refractivity contribution in [3.63, 3.8) is 0 Å². The van der Waals surface area contributed by atoms with E-state index in [0.29, 0.717) is 18.7 Å². The minimum atomic E-state index is -0.151. The van der Waals surface area contributed by atoms with E-state index in [2.05, 4.69) is 5.32 Å². The Kier molecular flexibility index (Phi) is 6.73. The van der Waals surface area contributed by atoms with Crippen LogP contribution in [0, 0.1) is 0 Å². The minimum Gasteiger partial charge on any atom is -0.494 e. The van der Waals surface area contributed by atoms with Crippen LogP contribution in [0.1, 0.15) is 37.0 Å². The highest BCUT2D eigenvalue weighted by atomic mass is 16.5. The molecule has 0 aliphatic heterocycles. The van der Waals surface area contributed by atoms with Gasteiger partial charge in [0, 0.05) is 31.0 Å². The van der Waals surface area contributed by atoms with Crippen molar-refractivity contribution in [2.45, 2.75) is 32.7 Å². The van der Waals surface area contributed by atoms with E-state index in [1.807, 2.05) is 13.8 Å². The summed E-state index contributed by atoms with van der Waals surface area (Å²) >= 11 is 0. The van der Waals surface area contributed by atoms with Gasteiger partial charge in [-0.05, 0) is 38.1 Å². The summed E-state index contributed by atoms with van der Waals surface area (Å²) in [5.74, 6) is 0.532. The lowest BCUT2D eigenvalue weighted by Crippen LogP contribution is -2.37. The summed E-state index contributed by atoms with van der Waals surface area (Å²) in [6, 6.07) is 6.88. The van der Waals surface area contributed by atoms with Crippen LogP contribution in [0.2, 0.25) is 0 Å². The summed E-state index contributed by atoms with van der Waals surface area (Å²) in [6.45, 7) is 4.71. The van der Waals surface area contributed by atoms with Crippen LogP contribution in [0.5, 0.6) is 5.75 Å². The summed E-state index contributed by atoms with van der Waals surface area (Å²) in [5.41, 5.74) is 6.00. The van der Waals surface area contributed by atoms with Gasteiger partial charge < -0.3 is 15.8 Å². The SMILES string of the molecule is CCOc1ccc(C(=O)CCC(=O)N[C@@H](C)CN)cc1. The third kappa shape index (κ3) is 5.40. The van der Waals surface area contributed by atoms with Gasteiger partial charge in [0.25, 0.3) is 0 Å².